The maximum Gasteiger partial charge on any atom is 0.315 e. The Morgan fingerprint density at radius 2 is 1.96 bits per heavy atom. The molecule has 3 amide bonds. The molecule has 8 nitrogen and oxygen atoms in total. The third-order valence-corrected chi connectivity index (χ3v) is 4.01. The molecule has 144 valence electrons. The molecule has 0 spiro atoms. The first-order valence-corrected chi connectivity index (χ1v) is 8.79. The second-order valence-corrected chi connectivity index (χ2v) is 6.74. The topological polar surface area (TPSA) is 112 Å². The number of hydrogen-bond donors (Lipinski definition) is 5. The Morgan fingerprint density at radius 3 is 2.58 bits per heavy atom. The lowest BCUT2D eigenvalue weighted by atomic mass is 10.1. The summed E-state index contributed by atoms with van der Waals surface area (Å²) < 4.78 is 5.58. The zero-order valence-electron chi connectivity index (χ0n) is 15.4. The van der Waals surface area contributed by atoms with Gasteiger partial charge in [0.25, 0.3) is 0 Å². The number of hydrogen-bond acceptors (Lipinski definition) is 5. The maximum atomic E-state index is 11.6. The van der Waals surface area contributed by atoms with E-state index in [-0.39, 0.29) is 30.6 Å². The minimum Gasteiger partial charge on any atom is -0.389 e. The molecule has 1 aliphatic heterocycles. The van der Waals surface area contributed by atoms with Gasteiger partial charge in [-0.15, -0.1) is 0 Å². The Hall–Kier alpha value is -2.16. The summed E-state index contributed by atoms with van der Waals surface area (Å²) in [7, 11) is 0. The number of amides is 3. The Labute approximate surface area is 153 Å². The van der Waals surface area contributed by atoms with Crippen molar-refractivity contribution in [3.8, 4) is 0 Å². The van der Waals surface area contributed by atoms with Crippen molar-refractivity contribution in [1.82, 2.24) is 16.0 Å². The minimum absolute atomic E-state index is 0.0517. The molecule has 2 rings (SSSR count). The molecule has 1 aromatic carbocycles. The summed E-state index contributed by atoms with van der Waals surface area (Å²) in [6, 6.07) is 7.07. The van der Waals surface area contributed by atoms with Gasteiger partial charge >= 0.3 is 6.03 Å². The molecule has 1 saturated heterocycles. The van der Waals surface area contributed by atoms with Crippen LogP contribution in [-0.4, -0.2) is 54.5 Å². The van der Waals surface area contributed by atoms with Crippen LogP contribution in [0.1, 0.15) is 26.3 Å². The van der Waals surface area contributed by atoms with Crippen molar-refractivity contribution in [2.45, 2.75) is 51.6 Å². The summed E-state index contributed by atoms with van der Waals surface area (Å²) in [6.45, 7) is 6.42. The van der Waals surface area contributed by atoms with Gasteiger partial charge in [-0.2, -0.15) is 0 Å². The number of nitrogens with one attached hydrogen (secondary N) is 4. The number of anilines is 1. The van der Waals surface area contributed by atoms with Gasteiger partial charge in [0.15, 0.2) is 0 Å². The van der Waals surface area contributed by atoms with E-state index in [0.717, 1.165) is 11.3 Å². The van der Waals surface area contributed by atoms with Gasteiger partial charge in [0.2, 0.25) is 5.91 Å². The van der Waals surface area contributed by atoms with Crippen molar-refractivity contribution in [2.24, 2.45) is 0 Å². The van der Waals surface area contributed by atoms with Crippen LogP contribution < -0.4 is 21.3 Å². The highest BCUT2D eigenvalue weighted by Gasteiger charge is 2.35. The van der Waals surface area contributed by atoms with Gasteiger partial charge in [-0.25, -0.2) is 4.79 Å². The second-order valence-electron chi connectivity index (χ2n) is 6.74. The summed E-state index contributed by atoms with van der Waals surface area (Å²) in [5.41, 5.74) is 1.78. The molecule has 3 atom stereocenters. The highest BCUT2D eigenvalue weighted by atomic mass is 16.5. The van der Waals surface area contributed by atoms with Crippen LogP contribution in [0.3, 0.4) is 0 Å². The fourth-order valence-electron chi connectivity index (χ4n) is 2.71. The van der Waals surface area contributed by atoms with Crippen LogP contribution >= 0.6 is 0 Å². The molecule has 1 fully saturated rings. The van der Waals surface area contributed by atoms with Gasteiger partial charge in [-0.05, 0) is 31.5 Å². The highest BCUT2D eigenvalue weighted by Crippen LogP contribution is 2.15. The van der Waals surface area contributed by atoms with Gasteiger partial charge in [-0.1, -0.05) is 12.1 Å². The fourth-order valence-corrected chi connectivity index (χ4v) is 2.71. The molecule has 1 heterocycles. The molecular formula is C18H28N4O4. The van der Waals surface area contributed by atoms with Crippen molar-refractivity contribution < 1.29 is 19.4 Å². The standard InChI is InChI=1S/C18H28N4O4/c1-11(2)21-18(25)20-9-16-17(24)15(10-26-16)19-8-13-4-6-14(7-5-13)22-12(3)23/h4-7,11,15-17,19,24H,8-10H2,1-3H3,(H,22,23)(H2,20,21,25). The van der Waals surface area contributed by atoms with Crippen molar-refractivity contribution in [3.63, 3.8) is 0 Å². The molecule has 0 saturated carbocycles. The first-order valence-electron chi connectivity index (χ1n) is 8.79. The third-order valence-electron chi connectivity index (χ3n) is 4.01. The molecule has 1 aliphatic rings. The first kappa shape index (κ1) is 20.2. The lowest BCUT2D eigenvalue weighted by Gasteiger charge is -2.19. The van der Waals surface area contributed by atoms with Gasteiger partial charge in [-0.3, -0.25) is 4.79 Å². The van der Waals surface area contributed by atoms with E-state index in [1.54, 1.807) is 0 Å². The van der Waals surface area contributed by atoms with Crippen LogP contribution in [0, 0.1) is 0 Å². The van der Waals surface area contributed by atoms with Crippen LogP contribution in [0.15, 0.2) is 24.3 Å². The Balaban J connectivity index is 1.75. The molecular weight excluding hydrogens is 336 g/mol. The van der Waals surface area contributed by atoms with Crippen LogP contribution in [0.2, 0.25) is 0 Å². The number of aliphatic hydroxyl groups excluding tert-OH is 1. The van der Waals surface area contributed by atoms with Gasteiger partial charge in [0.05, 0.1) is 18.8 Å². The predicted octanol–water partition coefficient (Wildman–Crippen LogP) is 0.571. The van der Waals surface area contributed by atoms with Crippen molar-refractivity contribution >= 4 is 17.6 Å². The average molecular weight is 364 g/mol. The van der Waals surface area contributed by atoms with Crippen LogP contribution in [0.4, 0.5) is 10.5 Å². The Morgan fingerprint density at radius 1 is 1.27 bits per heavy atom. The average Bonchev–Trinajstić information content (AvgIpc) is 2.91. The molecule has 26 heavy (non-hydrogen) atoms. The van der Waals surface area contributed by atoms with E-state index in [1.165, 1.54) is 6.92 Å². The lowest BCUT2D eigenvalue weighted by molar-refractivity contribution is -0.114. The third kappa shape index (κ3) is 6.29. The number of ether oxygens (including phenoxy) is 1. The molecule has 3 unspecified atom stereocenters. The number of rotatable bonds is 7. The molecule has 0 aliphatic carbocycles. The summed E-state index contributed by atoms with van der Waals surface area (Å²) in [4.78, 5) is 22.6. The molecule has 0 radical (unpaired) electrons. The molecule has 8 heteroatoms. The zero-order chi connectivity index (χ0) is 19.1. The normalized spacial score (nSPS) is 22.3. The van der Waals surface area contributed by atoms with E-state index in [2.05, 4.69) is 21.3 Å². The highest BCUT2D eigenvalue weighted by molar-refractivity contribution is 5.88. The molecule has 5 N–H and O–H groups in total. The lowest BCUT2D eigenvalue weighted by Crippen LogP contribution is -2.47. The summed E-state index contributed by atoms with van der Waals surface area (Å²) in [6.07, 6.45) is -1.14. The number of carbonyl (C=O) groups excluding carboxylic acids is 2. The van der Waals surface area contributed by atoms with Crippen LogP contribution in [0.5, 0.6) is 0 Å². The van der Waals surface area contributed by atoms with Crippen molar-refractivity contribution in [2.75, 3.05) is 18.5 Å². The first-order chi connectivity index (χ1) is 12.3. The van der Waals surface area contributed by atoms with Crippen molar-refractivity contribution in [3.05, 3.63) is 29.8 Å². The summed E-state index contributed by atoms with van der Waals surface area (Å²) >= 11 is 0. The number of carbonyl (C=O) groups is 2. The summed E-state index contributed by atoms with van der Waals surface area (Å²) in [5, 5.41) is 21.8. The van der Waals surface area contributed by atoms with E-state index in [4.69, 9.17) is 4.74 Å². The van der Waals surface area contributed by atoms with E-state index in [0.29, 0.717) is 13.2 Å². The minimum atomic E-state index is -0.701. The molecule has 1 aromatic rings. The quantitative estimate of drug-likeness (QED) is 0.486. The van der Waals surface area contributed by atoms with Crippen molar-refractivity contribution in [1.29, 1.82) is 0 Å². The number of aliphatic hydroxyl groups is 1. The van der Waals surface area contributed by atoms with E-state index >= 15 is 0 Å². The summed E-state index contributed by atoms with van der Waals surface area (Å²) in [5.74, 6) is -0.108. The van der Waals surface area contributed by atoms with Gasteiger partial charge < -0.3 is 31.1 Å². The fraction of sp³-hybridized carbons (Fsp3) is 0.556. The Bertz CT molecular complexity index is 606. The van der Waals surface area contributed by atoms with Crippen LogP contribution in [0.25, 0.3) is 0 Å². The largest absolute Gasteiger partial charge is 0.389 e. The Kier molecular flexibility index (Phi) is 7.38. The predicted molar refractivity (Wildman–Crippen MR) is 98.8 cm³/mol. The van der Waals surface area contributed by atoms with E-state index < -0.39 is 12.2 Å². The van der Waals surface area contributed by atoms with E-state index in [9.17, 15) is 14.7 Å². The monoisotopic (exact) mass is 364 g/mol. The van der Waals surface area contributed by atoms with Gasteiger partial charge in [0.1, 0.15) is 6.10 Å². The number of benzene rings is 1. The SMILES string of the molecule is CC(=O)Nc1ccc(CNC2COC(CNC(=O)NC(C)C)C2O)cc1. The number of urea groups is 1. The smallest absolute Gasteiger partial charge is 0.315 e. The second kappa shape index (κ2) is 9.51. The maximum absolute atomic E-state index is 11.6. The van der Waals surface area contributed by atoms with Gasteiger partial charge in [0, 0.05) is 31.7 Å². The molecule has 0 aromatic heterocycles. The van der Waals surface area contributed by atoms with E-state index in [1.807, 2.05) is 38.1 Å². The van der Waals surface area contributed by atoms with Crippen LogP contribution in [-0.2, 0) is 16.1 Å². The zero-order valence-corrected chi connectivity index (χ0v) is 15.4. The molecule has 0 bridgehead atoms.